The van der Waals surface area contributed by atoms with Crippen molar-refractivity contribution >= 4 is 12.0 Å². The molecule has 0 spiro atoms. The fraction of sp³-hybridized carbons (Fsp3) is 0.846. The van der Waals surface area contributed by atoms with Crippen LogP contribution in [0.4, 0.5) is 4.79 Å². The lowest BCUT2D eigenvalue weighted by atomic mass is 9.87. The van der Waals surface area contributed by atoms with Crippen molar-refractivity contribution in [3.63, 3.8) is 0 Å². The monoisotopic (exact) mass is 256 g/mol. The second-order valence-corrected chi connectivity index (χ2v) is 6.26. The van der Waals surface area contributed by atoms with Crippen LogP contribution >= 0.6 is 0 Å². The van der Waals surface area contributed by atoms with Gasteiger partial charge in [0, 0.05) is 13.1 Å². The van der Waals surface area contributed by atoms with E-state index in [9.17, 15) is 9.59 Å². The van der Waals surface area contributed by atoms with E-state index >= 15 is 0 Å². The summed E-state index contributed by atoms with van der Waals surface area (Å²) in [5, 5.41) is 11.8. The van der Waals surface area contributed by atoms with Gasteiger partial charge in [-0.15, -0.1) is 0 Å². The van der Waals surface area contributed by atoms with Crippen LogP contribution in [0.2, 0.25) is 0 Å². The highest BCUT2D eigenvalue weighted by Crippen LogP contribution is 2.21. The summed E-state index contributed by atoms with van der Waals surface area (Å²) >= 11 is 0. The van der Waals surface area contributed by atoms with Crippen molar-refractivity contribution in [1.82, 2.24) is 10.2 Å². The number of urea groups is 1. The number of hydrogen-bond donors (Lipinski definition) is 2. The molecule has 18 heavy (non-hydrogen) atoms. The Morgan fingerprint density at radius 1 is 1.28 bits per heavy atom. The molecular weight excluding hydrogens is 232 g/mol. The number of carboxylic acid groups (broad SMARTS) is 1. The van der Waals surface area contributed by atoms with Gasteiger partial charge in [-0.2, -0.15) is 0 Å². The van der Waals surface area contributed by atoms with Gasteiger partial charge in [0.05, 0.1) is 0 Å². The van der Waals surface area contributed by atoms with Crippen molar-refractivity contribution < 1.29 is 14.7 Å². The number of likely N-dealkylation sites (tertiary alicyclic amines) is 1. The van der Waals surface area contributed by atoms with Crippen molar-refractivity contribution in [1.29, 1.82) is 0 Å². The molecule has 1 aliphatic heterocycles. The van der Waals surface area contributed by atoms with Crippen LogP contribution in [-0.4, -0.2) is 41.1 Å². The summed E-state index contributed by atoms with van der Waals surface area (Å²) in [5.74, 6) is -0.340. The minimum Gasteiger partial charge on any atom is -0.480 e. The van der Waals surface area contributed by atoms with Gasteiger partial charge >= 0.3 is 12.0 Å². The topological polar surface area (TPSA) is 69.6 Å². The molecule has 1 rings (SSSR count). The Morgan fingerprint density at radius 3 is 2.17 bits per heavy atom. The van der Waals surface area contributed by atoms with Crippen molar-refractivity contribution in [2.75, 3.05) is 13.1 Å². The molecule has 0 radical (unpaired) electrons. The number of rotatable bonds is 2. The molecule has 0 aliphatic carbocycles. The molecule has 1 heterocycles. The quantitative estimate of drug-likeness (QED) is 0.793. The molecule has 1 fully saturated rings. The molecule has 5 heteroatoms. The smallest absolute Gasteiger partial charge is 0.326 e. The first kappa shape index (κ1) is 14.8. The van der Waals surface area contributed by atoms with Crippen LogP contribution in [0.5, 0.6) is 0 Å². The molecule has 1 saturated heterocycles. The molecule has 0 aromatic heterocycles. The van der Waals surface area contributed by atoms with Gasteiger partial charge in [0.2, 0.25) is 0 Å². The lowest BCUT2D eigenvalue weighted by Gasteiger charge is -2.34. The third-order valence-corrected chi connectivity index (χ3v) is 3.45. The van der Waals surface area contributed by atoms with E-state index in [1.165, 1.54) is 0 Å². The summed E-state index contributed by atoms with van der Waals surface area (Å²) in [6.07, 6.45) is 1.97. The number of nitrogens with one attached hydrogen (secondary N) is 1. The van der Waals surface area contributed by atoms with Crippen LogP contribution in [0.3, 0.4) is 0 Å². The standard InChI is InChI=1S/C13H24N2O3/c1-9-5-7-15(8-6-9)12(18)14-10(11(16)17)13(2,3)4/h9-10H,5-8H2,1-4H3,(H,14,18)(H,16,17)/t10-/m1/s1. The van der Waals surface area contributed by atoms with Gasteiger partial charge in [0.1, 0.15) is 6.04 Å². The first-order valence-corrected chi connectivity index (χ1v) is 6.50. The zero-order valence-corrected chi connectivity index (χ0v) is 11.7. The SMILES string of the molecule is CC1CCN(C(=O)N[C@H](C(=O)O)C(C)(C)C)CC1. The summed E-state index contributed by atoms with van der Waals surface area (Å²) in [5.41, 5.74) is -0.495. The van der Waals surface area contributed by atoms with E-state index in [1.54, 1.807) is 4.90 Å². The lowest BCUT2D eigenvalue weighted by Crippen LogP contribution is -2.54. The lowest BCUT2D eigenvalue weighted by molar-refractivity contribution is -0.142. The van der Waals surface area contributed by atoms with Gasteiger partial charge in [0.15, 0.2) is 0 Å². The van der Waals surface area contributed by atoms with E-state index in [4.69, 9.17) is 5.11 Å². The molecule has 5 nitrogen and oxygen atoms in total. The molecule has 1 atom stereocenters. The van der Waals surface area contributed by atoms with E-state index in [0.29, 0.717) is 19.0 Å². The Morgan fingerprint density at radius 2 is 1.78 bits per heavy atom. The average Bonchev–Trinajstić information content (AvgIpc) is 2.24. The Hall–Kier alpha value is -1.26. The molecule has 2 amide bonds. The third-order valence-electron chi connectivity index (χ3n) is 3.45. The summed E-state index contributed by atoms with van der Waals surface area (Å²) in [6, 6.07) is -1.12. The fourth-order valence-corrected chi connectivity index (χ4v) is 2.08. The van der Waals surface area contributed by atoms with Gasteiger partial charge in [-0.25, -0.2) is 9.59 Å². The van der Waals surface area contributed by atoms with Crippen LogP contribution < -0.4 is 5.32 Å². The normalized spacial score (nSPS) is 19.4. The number of carbonyl (C=O) groups is 2. The second-order valence-electron chi connectivity index (χ2n) is 6.26. The van der Waals surface area contributed by atoms with Gasteiger partial charge in [0.25, 0.3) is 0 Å². The zero-order valence-electron chi connectivity index (χ0n) is 11.7. The Kier molecular flexibility index (Phi) is 4.59. The fourth-order valence-electron chi connectivity index (χ4n) is 2.08. The number of carbonyl (C=O) groups excluding carboxylic acids is 1. The van der Waals surface area contributed by atoms with Gasteiger partial charge in [-0.1, -0.05) is 27.7 Å². The number of hydrogen-bond acceptors (Lipinski definition) is 2. The van der Waals surface area contributed by atoms with Gasteiger partial charge in [-0.3, -0.25) is 0 Å². The highest BCUT2D eigenvalue weighted by molar-refractivity contribution is 5.83. The second kappa shape index (κ2) is 5.59. The van der Waals surface area contributed by atoms with Gasteiger partial charge in [-0.05, 0) is 24.2 Å². The summed E-state index contributed by atoms with van der Waals surface area (Å²) < 4.78 is 0. The predicted octanol–water partition coefficient (Wildman–Crippen LogP) is 1.93. The molecule has 1 aliphatic rings. The first-order valence-electron chi connectivity index (χ1n) is 6.50. The molecule has 0 bridgehead atoms. The summed E-state index contributed by atoms with van der Waals surface area (Å²) in [6.45, 7) is 9.02. The van der Waals surface area contributed by atoms with Gasteiger partial charge < -0.3 is 15.3 Å². The minimum absolute atomic E-state index is 0.260. The van der Waals surface area contributed by atoms with E-state index in [-0.39, 0.29) is 6.03 Å². The number of amides is 2. The molecular formula is C13H24N2O3. The van der Waals surface area contributed by atoms with E-state index in [1.807, 2.05) is 20.8 Å². The highest BCUT2D eigenvalue weighted by Gasteiger charge is 2.34. The van der Waals surface area contributed by atoms with Crippen LogP contribution in [-0.2, 0) is 4.79 Å². The van der Waals surface area contributed by atoms with Crippen molar-refractivity contribution in [2.45, 2.75) is 46.6 Å². The van der Waals surface area contributed by atoms with E-state index in [2.05, 4.69) is 12.2 Å². The Balaban J connectivity index is 2.59. The zero-order chi connectivity index (χ0) is 13.9. The number of carboxylic acids is 1. The Labute approximate surface area is 109 Å². The molecule has 2 N–H and O–H groups in total. The van der Waals surface area contributed by atoms with Crippen LogP contribution in [0.25, 0.3) is 0 Å². The highest BCUT2D eigenvalue weighted by atomic mass is 16.4. The number of nitrogens with zero attached hydrogens (tertiary/aromatic N) is 1. The van der Waals surface area contributed by atoms with Crippen molar-refractivity contribution in [3.8, 4) is 0 Å². The van der Waals surface area contributed by atoms with Crippen LogP contribution in [0, 0.1) is 11.3 Å². The van der Waals surface area contributed by atoms with Crippen molar-refractivity contribution in [2.24, 2.45) is 11.3 Å². The summed E-state index contributed by atoms with van der Waals surface area (Å²) in [7, 11) is 0. The third kappa shape index (κ3) is 3.89. The maximum Gasteiger partial charge on any atom is 0.326 e. The molecule has 0 aromatic carbocycles. The largest absolute Gasteiger partial charge is 0.480 e. The molecule has 0 aromatic rings. The maximum atomic E-state index is 12.0. The summed E-state index contributed by atoms with van der Waals surface area (Å²) in [4.78, 5) is 24.9. The van der Waals surface area contributed by atoms with Crippen molar-refractivity contribution in [3.05, 3.63) is 0 Å². The number of aliphatic carboxylic acids is 1. The average molecular weight is 256 g/mol. The van der Waals surface area contributed by atoms with E-state index in [0.717, 1.165) is 12.8 Å². The predicted molar refractivity (Wildman–Crippen MR) is 69.4 cm³/mol. The van der Waals surface area contributed by atoms with Crippen LogP contribution in [0.15, 0.2) is 0 Å². The minimum atomic E-state index is -0.985. The molecule has 0 unspecified atom stereocenters. The van der Waals surface area contributed by atoms with Crippen LogP contribution in [0.1, 0.15) is 40.5 Å². The molecule has 0 saturated carbocycles. The molecule has 104 valence electrons. The number of piperidine rings is 1. The first-order chi connectivity index (χ1) is 8.21. The Bertz CT molecular complexity index is 315. The van der Waals surface area contributed by atoms with E-state index < -0.39 is 17.4 Å². The maximum absolute atomic E-state index is 12.0.